The lowest BCUT2D eigenvalue weighted by molar-refractivity contribution is -0.148. The number of carbonyl (C=O) groups is 1. The van der Waals surface area contributed by atoms with Crippen molar-refractivity contribution in [3.63, 3.8) is 0 Å². The van der Waals surface area contributed by atoms with Crippen LogP contribution < -0.4 is 4.74 Å². The molecule has 0 unspecified atom stereocenters. The van der Waals surface area contributed by atoms with Crippen molar-refractivity contribution in [3.05, 3.63) is 54.1 Å². The highest BCUT2D eigenvalue weighted by molar-refractivity contribution is 5.82. The Bertz CT molecular complexity index is 687. The van der Waals surface area contributed by atoms with Gasteiger partial charge in [-0.3, -0.25) is 4.79 Å². The molecule has 0 spiro atoms. The lowest BCUT2D eigenvalue weighted by Crippen LogP contribution is -2.31. The van der Waals surface area contributed by atoms with E-state index in [0.717, 1.165) is 28.9 Å². The topological polar surface area (TPSA) is 44.8 Å². The van der Waals surface area contributed by atoms with Gasteiger partial charge in [0.25, 0.3) is 0 Å². The maximum atomic E-state index is 12.1. The first-order valence-corrected chi connectivity index (χ1v) is 8.99. The molecule has 4 nitrogen and oxygen atoms in total. The molecule has 0 N–H and O–H groups in total. The van der Waals surface area contributed by atoms with Crippen molar-refractivity contribution in [1.82, 2.24) is 0 Å². The average molecular weight is 356 g/mol. The monoisotopic (exact) mass is 356 g/mol. The van der Waals surface area contributed by atoms with Crippen molar-refractivity contribution in [1.29, 1.82) is 0 Å². The van der Waals surface area contributed by atoms with Crippen LogP contribution in [0.25, 0.3) is 11.1 Å². The van der Waals surface area contributed by atoms with Gasteiger partial charge < -0.3 is 14.2 Å². The van der Waals surface area contributed by atoms with E-state index in [9.17, 15) is 4.79 Å². The van der Waals surface area contributed by atoms with E-state index < -0.39 is 5.41 Å². The predicted molar refractivity (Wildman–Crippen MR) is 104 cm³/mol. The van der Waals surface area contributed by atoms with Crippen molar-refractivity contribution in [3.8, 4) is 16.9 Å². The van der Waals surface area contributed by atoms with Crippen LogP contribution >= 0.6 is 0 Å². The zero-order chi connectivity index (χ0) is 19.0. The van der Waals surface area contributed by atoms with Crippen molar-refractivity contribution < 1.29 is 19.0 Å². The van der Waals surface area contributed by atoms with Gasteiger partial charge in [0.05, 0.1) is 18.6 Å². The number of hydrogen-bond acceptors (Lipinski definition) is 4. The summed E-state index contributed by atoms with van der Waals surface area (Å²) in [7, 11) is 1.69. The maximum absolute atomic E-state index is 12.1. The number of benzene rings is 2. The van der Waals surface area contributed by atoms with E-state index in [1.54, 1.807) is 7.11 Å². The molecule has 0 saturated carbocycles. The summed E-state index contributed by atoms with van der Waals surface area (Å²) in [5, 5.41) is 0. The molecular formula is C22H28O4. The van der Waals surface area contributed by atoms with Gasteiger partial charge in [0.1, 0.15) is 5.75 Å². The first kappa shape index (κ1) is 20.0. The highest BCUT2D eigenvalue weighted by atomic mass is 16.5. The predicted octanol–water partition coefficient (Wildman–Crippen LogP) is 4.61. The van der Waals surface area contributed by atoms with E-state index in [4.69, 9.17) is 14.2 Å². The van der Waals surface area contributed by atoms with E-state index in [-0.39, 0.29) is 5.97 Å². The normalized spacial score (nSPS) is 11.2. The summed E-state index contributed by atoms with van der Waals surface area (Å²) in [4.78, 5) is 12.1. The van der Waals surface area contributed by atoms with E-state index in [1.807, 2.05) is 69.3 Å². The molecule has 0 saturated heterocycles. The summed E-state index contributed by atoms with van der Waals surface area (Å²) in [5.41, 5.74) is 2.49. The highest BCUT2D eigenvalue weighted by Crippen LogP contribution is 2.28. The van der Waals surface area contributed by atoms with Crippen molar-refractivity contribution in [2.45, 2.75) is 32.6 Å². The minimum atomic E-state index is -0.658. The molecule has 0 fully saturated rings. The van der Waals surface area contributed by atoms with Gasteiger partial charge in [-0.2, -0.15) is 0 Å². The van der Waals surface area contributed by atoms with Crippen LogP contribution in [0.15, 0.2) is 48.5 Å². The lowest BCUT2D eigenvalue weighted by atomic mass is 9.84. The number of carbonyl (C=O) groups excluding carboxylic acids is 1. The minimum Gasteiger partial charge on any atom is -0.494 e. The Morgan fingerprint density at radius 2 is 1.50 bits per heavy atom. The summed E-state index contributed by atoms with van der Waals surface area (Å²) >= 11 is 0. The summed E-state index contributed by atoms with van der Waals surface area (Å²) in [6, 6.07) is 16.1. The van der Waals surface area contributed by atoms with E-state index >= 15 is 0 Å². The third kappa shape index (κ3) is 5.09. The van der Waals surface area contributed by atoms with Crippen molar-refractivity contribution >= 4 is 5.97 Å². The van der Waals surface area contributed by atoms with Gasteiger partial charge in [-0.25, -0.2) is 0 Å². The van der Waals surface area contributed by atoms with Crippen LogP contribution in [0.2, 0.25) is 0 Å². The van der Waals surface area contributed by atoms with Crippen molar-refractivity contribution in [2.75, 3.05) is 26.9 Å². The molecule has 4 heteroatoms. The molecule has 2 aromatic rings. The van der Waals surface area contributed by atoms with Crippen LogP contribution in [0.5, 0.6) is 5.75 Å². The molecule has 140 valence electrons. The second-order valence-electron chi connectivity index (χ2n) is 6.64. The van der Waals surface area contributed by atoms with Crippen LogP contribution in [-0.4, -0.2) is 32.9 Å². The van der Waals surface area contributed by atoms with E-state index in [2.05, 4.69) is 0 Å². The third-order valence-corrected chi connectivity index (χ3v) is 4.34. The maximum Gasteiger partial charge on any atom is 0.315 e. The molecule has 26 heavy (non-hydrogen) atoms. The average Bonchev–Trinajstić information content (AvgIpc) is 2.66. The molecule has 0 radical (unpaired) electrons. The van der Waals surface area contributed by atoms with Crippen LogP contribution in [0, 0.1) is 0 Å². The van der Waals surface area contributed by atoms with Gasteiger partial charge in [0.15, 0.2) is 0 Å². The Balaban J connectivity index is 2.05. The van der Waals surface area contributed by atoms with Crippen LogP contribution in [-0.2, 0) is 19.7 Å². The Morgan fingerprint density at radius 1 is 0.923 bits per heavy atom. The fourth-order valence-electron chi connectivity index (χ4n) is 2.65. The Hall–Kier alpha value is -2.33. The molecule has 2 aromatic carbocycles. The lowest BCUT2D eigenvalue weighted by Gasteiger charge is -2.23. The van der Waals surface area contributed by atoms with Gasteiger partial charge in [-0.15, -0.1) is 0 Å². The van der Waals surface area contributed by atoms with E-state index in [0.29, 0.717) is 19.8 Å². The SMILES string of the molecule is CCOC(=O)C(C)(C)c1ccc(-c2ccc(OCCCOC)cc2)cc1. The largest absolute Gasteiger partial charge is 0.494 e. The molecule has 0 bridgehead atoms. The summed E-state index contributed by atoms with van der Waals surface area (Å²) in [6.07, 6.45) is 0.871. The highest BCUT2D eigenvalue weighted by Gasteiger charge is 2.31. The molecule has 0 aromatic heterocycles. The molecule has 2 rings (SSSR count). The number of esters is 1. The number of rotatable bonds is 9. The molecule has 0 aliphatic carbocycles. The zero-order valence-electron chi connectivity index (χ0n) is 16.1. The van der Waals surface area contributed by atoms with Crippen LogP contribution in [0.3, 0.4) is 0 Å². The molecule has 0 aliphatic heterocycles. The Labute approximate surface area is 156 Å². The van der Waals surface area contributed by atoms with Gasteiger partial charge >= 0.3 is 5.97 Å². The summed E-state index contributed by atoms with van der Waals surface area (Å²) in [6.45, 7) is 7.32. The molecular weight excluding hydrogens is 328 g/mol. The third-order valence-electron chi connectivity index (χ3n) is 4.34. The van der Waals surface area contributed by atoms with Gasteiger partial charge in [0.2, 0.25) is 0 Å². The summed E-state index contributed by atoms with van der Waals surface area (Å²) in [5.74, 6) is 0.646. The molecule has 0 atom stereocenters. The van der Waals surface area contributed by atoms with Gasteiger partial charge in [0, 0.05) is 20.1 Å². The number of ether oxygens (including phenoxy) is 3. The Kier molecular flexibility index (Phi) is 7.22. The second-order valence-corrected chi connectivity index (χ2v) is 6.64. The number of methoxy groups -OCH3 is 1. The fraction of sp³-hybridized carbons (Fsp3) is 0.409. The minimum absolute atomic E-state index is 0.206. The van der Waals surface area contributed by atoms with E-state index in [1.165, 1.54) is 0 Å². The second kappa shape index (κ2) is 9.39. The van der Waals surface area contributed by atoms with Gasteiger partial charge in [-0.1, -0.05) is 36.4 Å². The molecule has 0 heterocycles. The molecule has 0 aliphatic rings. The van der Waals surface area contributed by atoms with Gasteiger partial charge in [-0.05, 0) is 49.6 Å². The zero-order valence-corrected chi connectivity index (χ0v) is 16.1. The first-order chi connectivity index (χ1) is 12.5. The Morgan fingerprint density at radius 3 is 2.04 bits per heavy atom. The fourth-order valence-corrected chi connectivity index (χ4v) is 2.65. The van der Waals surface area contributed by atoms with Crippen LogP contribution in [0.4, 0.5) is 0 Å². The quantitative estimate of drug-likeness (QED) is 0.486. The standard InChI is InChI=1S/C22H28O4/c1-5-25-21(23)22(2,3)19-11-7-17(8-12-19)18-9-13-20(14-10-18)26-16-6-15-24-4/h7-14H,5-6,15-16H2,1-4H3. The van der Waals surface area contributed by atoms with Crippen molar-refractivity contribution in [2.24, 2.45) is 0 Å². The van der Waals surface area contributed by atoms with Crippen LogP contribution in [0.1, 0.15) is 32.8 Å². The molecule has 0 amide bonds. The first-order valence-electron chi connectivity index (χ1n) is 8.99. The number of hydrogen-bond donors (Lipinski definition) is 0. The summed E-state index contributed by atoms with van der Waals surface area (Å²) < 4.78 is 15.9. The smallest absolute Gasteiger partial charge is 0.315 e.